The van der Waals surface area contributed by atoms with Gasteiger partial charge in [0.25, 0.3) is 5.91 Å². The lowest BCUT2D eigenvalue weighted by Crippen LogP contribution is -2.18. The predicted octanol–water partition coefficient (Wildman–Crippen LogP) is 3.41. The van der Waals surface area contributed by atoms with Gasteiger partial charge >= 0.3 is 0 Å². The maximum Gasteiger partial charge on any atom is 0.252 e. The molecule has 5 heteroatoms. The molecule has 0 aliphatic carbocycles. The summed E-state index contributed by atoms with van der Waals surface area (Å²) in [5.74, 6) is -0.115. The van der Waals surface area contributed by atoms with Crippen LogP contribution in [0.25, 0.3) is 0 Å². The monoisotopic (exact) mass is 284 g/mol. The second-order valence-electron chi connectivity index (χ2n) is 4.45. The molecule has 1 aromatic heterocycles. The van der Waals surface area contributed by atoms with Crippen LogP contribution in [0.4, 0.5) is 5.13 Å². The molecule has 4 nitrogen and oxygen atoms in total. The van der Waals surface area contributed by atoms with E-state index in [4.69, 9.17) is 4.74 Å². The molecule has 1 heterocycles. The third kappa shape index (κ3) is 5.70. The van der Waals surface area contributed by atoms with Gasteiger partial charge in [0, 0.05) is 11.5 Å². The number of thiazole rings is 1. The molecule has 1 rings (SSSR count). The first-order chi connectivity index (χ1) is 9.21. The van der Waals surface area contributed by atoms with Crippen LogP contribution in [0, 0.1) is 0 Å². The van der Waals surface area contributed by atoms with Gasteiger partial charge in [-0.25, -0.2) is 4.98 Å². The molecule has 0 atom stereocenters. The maximum absolute atomic E-state index is 11.7. The number of nitrogens with one attached hydrogen (secondary N) is 1. The largest absolute Gasteiger partial charge is 0.372 e. The molecule has 0 bridgehead atoms. The molecule has 0 unspecified atom stereocenters. The van der Waals surface area contributed by atoms with Crippen LogP contribution in [-0.4, -0.2) is 24.1 Å². The summed E-state index contributed by atoms with van der Waals surface area (Å²) in [6.07, 6.45) is 5.09. The highest BCUT2D eigenvalue weighted by molar-refractivity contribution is 7.15. The first kappa shape index (κ1) is 16.1. The molecule has 19 heavy (non-hydrogen) atoms. The summed E-state index contributed by atoms with van der Waals surface area (Å²) in [4.78, 5) is 17.4. The van der Waals surface area contributed by atoms with E-state index in [0.29, 0.717) is 11.7 Å². The van der Waals surface area contributed by atoms with Crippen molar-refractivity contribution in [1.29, 1.82) is 0 Å². The Morgan fingerprint density at radius 3 is 2.74 bits per heavy atom. The van der Waals surface area contributed by atoms with Gasteiger partial charge in [-0.2, -0.15) is 0 Å². The number of ether oxygens (including phenoxy) is 1. The minimum atomic E-state index is -0.115. The number of aryl methyl sites for hydroxylation is 2. The van der Waals surface area contributed by atoms with Crippen molar-refractivity contribution in [2.45, 2.75) is 52.9 Å². The van der Waals surface area contributed by atoms with E-state index >= 15 is 0 Å². The third-order valence-corrected chi connectivity index (χ3v) is 3.87. The molecule has 0 fully saturated rings. The molecule has 0 aliphatic heterocycles. The Balaban J connectivity index is 2.45. The van der Waals surface area contributed by atoms with Crippen LogP contribution >= 0.6 is 11.3 Å². The molecule has 108 valence electrons. The standard InChI is InChI=1S/C14H24N2O2S/c1-4-7-9-18-10-13(17)16-14-15-11(8-5-2)12(6-3)19-14/h4-10H2,1-3H3,(H,15,16,17). The van der Waals surface area contributed by atoms with Crippen molar-refractivity contribution in [3.63, 3.8) is 0 Å². The number of amides is 1. The first-order valence-electron chi connectivity index (χ1n) is 7.07. The molecule has 0 saturated heterocycles. The van der Waals surface area contributed by atoms with Gasteiger partial charge in [-0.3, -0.25) is 10.1 Å². The molecule has 1 N–H and O–H groups in total. The zero-order chi connectivity index (χ0) is 14.1. The van der Waals surface area contributed by atoms with E-state index in [0.717, 1.165) is 37.8 Å². The molecule has 0 aromatic carbocycles. The van der Waals surface area contributed by atoms with Crippen molar-refractivity contribution in [3.05, 3.63) is 10.6 Å². The summed E-state index contributed by atoms with van der Waals surface area (Å²) < 4.78 is 5.28. The van der Waals surface area contributed by atoms with Crippen molar-refractivity contribution >= 4 is 22.4 Å². The van der Waals surface area contributed by atoms with Gasteiger partial charge in [0.1, 0.15) is 6.61 Å². The Bertz CT molecular complexity index is 391. The number of nitrogens with zero attached hydrogens (tertiary/aromatic N) is 1. The minimum absolute atomic E-state index is 0.115. The number of rotatable bonds is 9. The Morgan fingerprint density at radius 2 is 2.11 bits per heavy atom. The lowest BCUT2D eigenvalue weighted by Gasteiger charge is -2.02. The van der Waals surface area contributed by atoms with Gasteiger partial charge in [-0.1, -0.05) is 33.6 Å². The number of unbranched alkanes of at least 4 members (excludes halogenated alkanes) is 1. The predicted molar refractivity (Wildman–Crippen MR) is 79.8 cm³/mol. The highest BCUT2D eigenvalue weighted by atomic mass is 32.1. The molecule has 0 saturated carbocycles. The second kappa shape index (κ2) is 9.04. The zero-order valence-corrected chi connectivity index (χ0v) is 12.9. The normalized spacial score (nSPS) is 10.7. The first-order valence-corrected chi connectivity index (χ1v) is 7.89. The van der Waals surface area contributed by atoms with Crippen molar-refractivity contribution < 1.29 is 9.53 Å². The fourth-order valence-electron chi connectivity index (χ4n) is 1.71. The van der Waals surface area contributed by atoms with Crippen LogP contribution in [-0.2, 0) is 22.4 Å². The van der Waals surface area contributed by atoms with Crippen LogP contribution in [0.2, 0.25) is 0 Å². The van der Waals surface area contributed by atoms with Gasteiger partial charge < -0.3 is 4.74 Å². The quantitative estimate of drug-likeness (QED) is 0.707. The van der Waals surface area contributed by atoms with Crippen molar-refractivity contribution in [2.24, 2.45) is 0 Å². The third-order valence-electron chi connectivity index (χ3n) is 2.71. The molecule has 1 aromatic rings. The molecule has 1 amide bonds. The average molecular weight is 284 g/mol. The maximum atomic E-state index is 11.7. The topological polar surface area (TPSA) is 51.2 Å². The van der Waals surface area contributed by atoms with Gasteiger partial charge in [0.15, 0.2) is 5.13 Å². The summed E-state index contributed by atoms with van der Waals surface area (Å²) >= 11 is 1.57. The lowest BCUT2D eigenvalue weighted by atomic mass is 10.2. The van der Waals surface area contributed by atoms with Crippen molar-refractivity contribution in [3.8, 4) is 0 Å². The number of hydrogen-bond acceptors (Lipinski definition) is 4. The molecule has 0 spiro atoms. The van der Waals surface area contributed by atoms with Crippen LogP contribution in [0.3, 0.4) is 0 Å². The van der Waals surface area contributed by atoms with E-state index in [9.17, 15) is 4.79 Å². The van der Waals surface area contributed by atoms with E-state index < -0.39 is 0 Å². The number of anilines is 1. The fraction of sp³-hybridized carbons (Fsp3) is 0.714. The van der Waals surface area contributed by atoms with Crippen LogP contribution in [0.1, 0.15) is 50.6 Å². The Labute approximate surface area is 119 Å². The Hall–Kier alpha value is -0.940. The summed E-state index contributed by atoms with van der Waals surface area (Å²) in [5.41, 5.74) is 1.12. The summed E-state index contributed by atoms with van der Waals surface area (Å²) in [7, 11) is 0. The minimum Gasteiger partial charge on any atom is -0.372 e. The summed E-state index contributed by atoms with van der Waals surface area (Å²) in [6.45, 7) is 7.11. The van der Waals surface area contributed by atoms with Crippen LogP contribution in [0.5, 0.6) is 0 Å². The van der Waals surface area contributed by atoms with E-state index in [-0.39, 0.29) is 12.5 Å². The van der Waals surface area contributed by atoms with Crippen LogP contribution < -0.4 is 5.32 Å². The number of carbonyl (C=O) groups is 1. The SMILES string of the molecule is CCCCOCC(=O)Nc1nc(CCC)c(CC)s1. The number of carbonyl (C=O) groups excluding carboxylic acids is 1. The smallest absolute Gasteiger partial charge is 0.252 e. The summed E-state index contributed by atoms with van der Waals surface area (Å²) in [6, 6.07) is 0. The fourth-order valence-corrected chi connectivity index (χ4v) is 2.68. The molecular formula is C14H24N2O2S. The molecular weight excluding hydrogens is 260 g/mol. The highest BCUT2D eigenvalue weighted by Gasteiger charge is 2.11. The van der Waals surface area contributed by atoms with Gasteiger partial charge in [0.2, 0.25) is 0 Å². The average Bonchev–Trinajstić information content (AvgIpc) is 2.77. The van der Waals surface area contributed by atoms with Gasteiger partial charge in [0.05, 0.1) is 5.69 Å². The lowest BCUT2D eigenvalue weighted by molar-refractivity contribution is -0.120. The zero-order valence-electron chi connectivity index (χ0n) is 12.1. The molecule has 0 radical (unpaired) electrons. The van der Waals surface area contributed by atoms with E-state index in [1.54, 1.807) is 11.3 Å². The summed E-state index contributed by atoms with van der Waals surface area (Å²) in [5, 5.41) is 3.51. The van der Waals surface area contributed by atoms with E-state index in [2.05, 4.69) is 31.1 Å². The van der Waals surface area contributed by atoms with Gasteiger partial charge in [-0.05, 0) is 19.3 Å². The van der Waals surface area contributed by atoms with Crippen LogP contribution in [0.15, 0.2) is 0 Å². The van der Waals surface area contributed by atoms with Gasteiger partial charge in [-0.15, -0.1) is 11.3 Å². The van der Waals surface area contributed by atoms with Crippen molar-refractivity contribution in [1.82, 2.24) is 4.98 Å². The second-order valence-corrected chi connectivity index (χ2v) is 5.53. The molecule has 0 aliphatic rings. The number of hydrogen-bond donors (Lipinski definition) is 1. The van der Waals surface area contributed by atoms with E-state index in [1.165, 1.54) is 4.88 Å². The van der Waals surface area contributed by atoms with Crippen molar-refractivity contribution in [2.75, 3.05) is 18.5 Å². The highest BCUT2D eigenvalue weighted by Crippen LogP contribution is 2.24. The Kier molecular flexibility index (Phi) is 7.67. The number of aromatic nitrogens is 1. The Morgan fingerprint density at radius 1 is 1.32 bits per heavy atom. The van der Waals surface area contributed by atoms with E-state index in [1.807, 2.05) is 0 Å².